The Morgan fingerprint density at radius 3 is 1.43 bits per heavy atom. The average Bonchev–Trinajstić information content (AvgIpc) is 3.13. The van der Waals surface area contributed by atoms with Crippen molar-refractivity contribution in [2.45, 2.75) is 0 Å². The van der Waals surface area contributed by atoms with E-state index in [4.69, 9.17) is 0 Å². The Kier molecular flexibility index (Phi) is 7.18. The second kappa shape index (κ2) is 12.1. The molecule has 8 aromatic rings. The second-order valence-electron chi connectivity index (χ2n) is 11.4. The molecule has 0 saturated heterocycles. The molecule has 0 aliphatic heterocycles. The molecule has 3 nitrogen and oxygen atoms in total. The van der Waals surface area contributed by atoms with Gasteiger partial charge in [-0.1, -0.05) is 91.0 Å². The molecule has 0 spiro atoms. The number of pyridine rings is 1. The van der Waals surface area contributed by atoms with Crippen LogP contribution in [0, 0.1) is 0 Å². The van der Waals surface area contributed by atoms with Gasteiger partial charge in [0.1, 0.15) is 0 Å². The minimum Gasteiger partial charge on any atom is -0.310 e. The maximum atomic E-state index is 4.50. The highest BCUT2D eigenvalue weighted by Gasteiger charge is 2.17. The van der Waals surface area contributed by atoms with E-state index < -0.39 is 0 Å². The summed E-state index contributed by atoms with van der Waals surface area (Å²) in [7, 11) is 0. The van der Waals surface area contributed by atoms with Gasteiger partial charge in [0.15, 0.2) is 0 Å². The van der Waals surface area contributed by atoms with E-state index in [-0.39, 0.29) is 0 Å². The van der Waals surface area contributed by atoms with Crippen LogP contribution in [0.1, 0.15) is 0 Å². The molecule has 0 atom stereocenters. The van der Waals surface area contributed by atoms with Crippen LogP contribution in [0.4, 0.5) is 34.1 Å². The summed E-state index contributed by atoms with van der Waals surface area (Å²) in [6, 6.07) is 64.5. The van der Waals surface area contributed by atoms with E-state index in [9.17, 15) is 0 Å². The summed E-state index contributed by atoms with van der Waals surface area (Å²) in [4.78, 5) is 9.14. The summed E-state index contributed by atoms with van der Waals surface area (Å²) < 4.78 is 0. The molecule has 0 fully saturated rings. The maximum absolute atomic E-state index is 4.50. The molecule has 1 heterocycles. The normalized spacial score (nSPS) is 11.0. The predicted octanol–water partition coefficient (Wildman–Crippen LogP) is 12.0. The van der Waals surface area contributed by atoms with Gasteiger partial charge in [-0.05, 0) is 113 Å². The van der Waals surface area contributed by atoms with Crippen LogP contribution in [0.5, 0.6) is 0 Å². The first-order valence-electron chi connectivity index (χ1n) is 15.5. The van der Waals surface area contributed by atoms with Gasteiger partial charge in [-0.2, -0.15) is 0 Å². The third kappa shape index (κ3) is 5.36. The molecule has 0 amide bonds. The fourth-order valence-electron chi connectivity index (χ4n) is 6.20. The van der Waals surface area contributed by atoms with Gasteiger partial charge in [0.25, 0.3) is 0 Å². The van der Waals surface area contributed by atoms with Crippen LogP contribution < -0.4 is 9.80 Å². The first kappa shape index (κ1) is 27.4. The number of hydrogen-bond donors (Lipinski definition) is 0. The lowest BCUT2D eigenvalue weighted by Gasteiger charge is -2.29. The summed E-state index contributed by atoms with van der Waals surface area (Å²) in [5, 5.41) is 3.54. The van der Waals surface area contributed by atoms with E-state index in [0.717, 1.165) is 45.0 Å². The minimum atomic E-state index is 1.01. The summed E-state index contributed by atoms with van der Waals surface area (Å²) in [5.41, 5.74) is 9.97. The first-order chi connectivity index (χ1) is 22.8. The molecule has 7 aromatic carbocycles. The fourth-order valence-corrected chi connectivity index (χ4v) is 6.20. The Balaban J connectivity index is 1.24. The van der Waals surface area contributed by atoms with Crippen molar-refractivity contribution in [3.8, 4) is 11.1 Å². The molecule has 218 valence electrons. The maximum Gasteiger partial charge on any atom is 0.0702 e. The van der Waals surface area contributed by atoms with Crippen LogP contribution in [-0.2, 0) is 0 Å². The van der Waals surface area contributed by atoms with E-state index in [1.807, 2.05) is 12.3 Å². The van der Waals surface area contributed by atoms with E-state index in [2.05, 4.69) is 191 Å². The molecule has 1 aromatic heterocycles. The van der Waals surface area contributed by atoms with Gasteiger partial charge in [0, 0.05) is 45.7 Å². The molecule has 0 bridgehead atoms. The summed E-state index contributed by atoms with van der Waals surface area (Å²) in [6.45, 7) is 0. The smallest absolute Gasteiger partial charge is 0.0702 e. The van der Waals surface area contributed by atoms with Gasteiger partial charge in [0.05, 0.1) is 5.52 Å². The lowest BCUT2D eigenvalue weighted by atomic mass is 9.99. The third-order valence-electron chi connectivity index (χ3n) is 8.41. The number of para-hydroxylation sites is 3. The second-order valence-corrected chi connectivity index (χ2v) is 11.4. The molecule has 0 unspecified atom stereocenters. The Morgan fingerprint density at radius 2 is 0.804 bits per heavy atom. The van der Waals surface area contributed by atoms with Crippen LogP contribution in [0.3, 0.4) is 0 Å². The van der Waals surface area contributed by atoms with Gasteiger partial charge in [-0.25, -0.2) is 0 Å². The van der Waals surface area contributed by atoms with Crippen molar-refractivity contribution in [3.63, 3.8) is 0 Å². The zero-order chi connectivity index (χ0) is 30.7. The standard InChI is InChI=1S/C43H31N3/c1-4-13-37(14-5-1)45(38-15-6-2-7-16-38)40-19-10-20-41(31-40)46(39-17-8-3-9-18-39)42-25-23-32-21-22-33(29-36(32)30-42)34-24-26-43-35(28-34)12-11-27-44-43/h1-31H. The Hall–Kier alpha value is -6.19. The van der Waals surface area contributed by atoms with Gasteiger partial charge in [-0.15, -0.1) is 0 Å². The van der Waals surface area contributed by atoms with Gasteiger partial charge < -0.3 is 9.80 Å². The van der Waals surface area contributed by atoms with E-state index in [0.29, 0.717) is 0 Å². The number of anilines is 6. The number of nitrogens with zero attached hydrogens (tertiary/aromatic N) is 3. The largest absolute Gasteiger partial charge is 0.310 e. The van der Waals surface area contributed by atoms with Crippen molar-refractivity contribution in [3.05, 3.63) is 188 Å². The van der Waals surface area contributed by atoms with E-state index in [1.54, 1.807) is 0 Å². The molecule has 3 heteroatoms. The highest BCUT2D eigenvalue weighted by Crippen LogP contribution is 2.41. The summed E-state index contributed by atoms with van der Waals surface area (Å²) >= 11 is 0. The lowest BCUT2D eigenvalue weighted by Crippen LogP contribution is -2.13. The Labute approximate surface area is 269 Å². The van der Waals surface area contributed by atoms with Crippen molar-refractivity contribution < 1.29 is 0 Å². The van der Waals surface area contributed by atoms with Crippen molar-refractivity contribution in [1.29, 1.82) is 0 Å². The Bertz CT molecular complexity index is 2220. The summed E-state index contributed by atoms with van der Waals surface area (Å²) in [6.07, 6.45) is 1.84. The number of hydrogen-bond acceptors (Lipinski definition) is 3. The number of rotatable bonds is 7. The molecule has 0 aliphatic carbocycles. The van der Waals surface area contributed by atoms with Crippen LogP contribution in [-0.4, -0.2) is 4.98 Å². The SMILES string of the molecule is c1ccc(N(c2ccccc2)c2cccc(N(c3ccccc3)c3ccc4ccc(-c5ccc6ncccc6c5)cc4c3)c2)cc1. The van der Waals surface area contributed by atoms with E-state index in [1.165, 1.54) is 21.9 Å². The molecule has 0 radical (unpaired) electrons. The predicted molar refractivity (Wildman–Crippen MR) is 194 cm³/mol. The monoisotopic (exact) mass is 589 g/mol. The third-order valence-corrected chi connectivity index (χ3v) is 8.41. The molecule has 0 aliphatic rings. The molecular weight excluding hydrogens is 558 g/mol. The highest BCUT2D eigenvalue weighted by atomic mass is 15.2. The van der Waals surface area contributed by atoms with E-state index >= 15 is 0 Å². The molecule has 46 heavy (non-hydrogen) atoms. The topological polar surface area (TPSA) is 19.4 Å². The van der Waals surface area contributed by atoms with Crippen LogP contribution >= 0.6 is 0 Å². The minimum absolute atomic E-state index is 1.01. The fraction of sp³-hybridized carbons (Fsp3) is 0. The number of fused-ring (bicyclic) bond motifs is 2. The van der Waals surface area contributed by atoms with Crippen molar-refractivity contribution in [2.75, 3.05) is 9.80 Å². The molecule has 8 rings (SSSR count). The van der Waals surface area contributed by atoms with Crippen molar-refractivity contribution in [1.82, 2.24) is 4.98 Å². The lowest BCUT2D eigenvalue weighted by molar-refractivity contribution is 1.25. The van der Waals surface area contributed by atoms with Gasteiger partial charge >= 0.3 is 0 Å². The molecular formula is C43H31N3. The zero-order valence-electron chi connectivity index (χ0n) is 25.2. The number of benzene rings is 7. The van der Waals surface area contributed by atoms with Crippen LogP contribution in [0.25, 0.3) is 32.8 Å². The first-order valence-corrected chi connectivity index (χ1v) is 15.5. The molecule has 0 saturated carbocycles. The number of aromatic nitrogens is 1. The highest BCUT2D eigenvalue weighted by molar-refractivity contribution is 5.94. The average molecular weight is 590 g/mol. The quantitative estimate of drug-likeness (QED) is 0.184. The zero-order valence-corrected chi connectivity index (χ0v) is 25.2. The molecule has 0 N–H and O–H groups in total. The van der Waals surface area contributed by atoms with Crippen molar-refractivity contribution in [2.24, 2.45) is 0 Å². The van der Waals surface area contributed by atoms with Crippen LogP contribution in [0.2, 0.25) is 0 Å². The van der Waals surface area contributed by atoms with Crippen LogP contribution in [0.15, 0.2) is 188 Å². The Morgan fingerprint density at radius 1 is 0.304 bits per heavy atom. The summed E-state index contributed by atoms with van der Waals surface area (Å²) in [5.74, 6) is 0. The van der Waals surface area contributed by atoms with Gasteiger partial charge in [0.2, 0.25) is 0 Å². The van der Waals surface area contributed by atoms with Crippen molar-refractivity contribution >= 4 is 55.8 Å². The van der Waals surface area contributed by atoms with Gasteiger partial charge in [-0.3, -0.25) is 4.98 Å².